The van der Waals surface area contributed by atoms with Gasteiger partial charge in [0.1, 0.15) is 11.6 Å². The first-order valence-corrected chi connectivity index (χ1v) is 8.02. The van der Waals surface area contributed by atoms with Gasteiger partial charge in [0.2, 0.25) is 0 Å². The molecule has 0 radical (unpaired) electrons. The second-order valence-corrected chi connectivity index (χ2v) is 5.87. The first kappa shape index (κ1) is 16.2. The number of aromatic nitrogens is 4. The van der Waals surface area contributed by atoms with Crippen LogP contribution in [0.5, 0.6) is 5.75 Å². The SMILES string of the molecule is COc1c(C)cnc(CNC(=O)NCc2nnc3n2CCC3)c1C. The summed E-state index contributed by atoms with van der Waals surface area (Å²) < 4.78 is 7.44. The maximum Gasteiger partial charge on any atom is 0.315 e. The van der Waals surface area contributed by atoms with Crippen LogP contribution in [0.4, 0.5) is 4.79 Å². The number of nitrogens with zero attached hydrogens (tertiary/aromatic N) is 4. The molecule has 8 heteroatoms. The topological polar surface area (TPSA) is 94.0 Å². The minimum absolute atomic E-state index is 0.258. The van der Waals surface area contributed by atoms with E-state index in [1.54, 1.807) is 13.3 Å². The van der Waals surface area contributed by atoms with Crippen molar-refractivity contribution in [1.82, 2.24) is 30.4 Å². The van der Waals surface area contributed by atoms with Crippen molar-refractivity contribution in [3.05, 3.63) is 34.7 Å². The molecule has 2 amide bonds. The Balaban J connectivity index is 1.54. The van der Waals surface area contributed by atoms with Gasteiger partial charge < -0.3 is 19.9 Å². The fraction of sp³-hybridized carbons (Fsp3) is 0.500. The van der Waals surface area contributed by atoms with Crippen molar-refractivity contribution in [3.8, 4) is 5.75 Å². The van der Waals surface area contributed by atoms with E-state index in [0.29, 0.717) is 13.1 Å². The number of methoxy groups -OCH3 is 1. The molecule has 0 saturated carbocycles. The molecule has 0 aromatic carbocycles. The Morgan fingerprint density at radius 2 is 2.08 bits per heavy atom. The van der Waals surface area contributed by atoms with Gasteiger partial charge in [-0.1, -0.05) is 0 Å². The summed E-state index contributed by atoms with van der Waals surface area (Å²) in [4.78, 5) is 16.4. The molecule has 24 heavy (non-hydrogen) atoms. The molecule has 8 nitrogen and oxygen atoms in total. The summed E-state index contributed by atoms with van der Waals surface area (Å²) in [5.74, 6) is 2.60. The molecule has 3 heterocycles. The Labute approximate surface area is 140 Å². The molecule has 0 bridgehead atoms. The Kier molecular flexibility index (Phi) is 4.64. The van der Waals surface area contributed by atoms with Crippen molar-refractivity contribution in [3.63, 3.8) is 0 Å². The third kappa shape index (κ3) is 3.17. The molecule has 2 aromatic heterocycles. The molecule has 1 aliphatic rings. The molecule has 0 unspecified atom stereocenters. The highest BCUT2D eigenvalue weighted by Crippen LogP contribution is 2.23. The van der Waals surface area contributed by atoms with Crippen LogP contribution in [-0.4, -0.2) is 32.9 Å². The Morgan fingerprint density at radius 3 is 2.88 bits per heavy atom. The van der Waals surface area contributed by atoms with Crippen LogP contribution in [0.1, 0.15) is 34.9 Å². The molecule has 128 valence electrons. The van der Waals surface area contributed by atoms with Crippen LogP contribution >= 0.6 is 0 Å². The van der Waals surface area contributed by atoms with E-state index in [1.165, 1.54) is 0 Å². The summed E-state index contributed by atoms with van der Waals surface area (Å²) in [6.07, 6.45) is 3.80. The van der Waals surface area contributed by atoms with Gasteiger partial charge in [-0.15, -0.1) is 10.2 Å². The zero-order valence-corrected chi connectivity index (χ0v) is 14.2. The van der Waals surface area contributed by atoms with Gasteiger partial charge in [0.15, 0.2) is 5.82 Å². The lowest BCUT2D eigenvalue weighted by molar-refractivity contribution is 0.239. The fourth-order valence-corrected chi connectivity index (χ4v) is 2.98. The Morgan fingerprint density at radius 1 is 1.29 bits per heavy atom. The molecule has 0 aliphatic carbocycles. The first-order chi connectivity index (χ1) is 11.6. The number of amides is 2. The highest BCUT2D eigenvalue weighted by Gasteiger charge is 2.17. The van der Waals surface area contributed by atoms with Crippen molar-refractivity contribution in [1.29, 1.82) is 0 Å². The van der Waals surface area contributed by atoms with Crippen LogP contribution in [0.2, 0.25) is 0 Å². The monoisotopic (exact) mass is 330 g/mol. The summed E-state index contributed by atoms with van der Waals surface area (Å²) in [5, 5.41) is 13.9. The van der Waals surface area contributed by atoms with Gasteiger partial charge in [-0.2, -0.15) is 0 Å². The minimum atomic E-state index is -0.258. The van der Waals surface area contributed by atoms with Crippen LogP contribution in [0.25, 0.3) is 0 Å². The third-order valence-corrected chi connectivity index (χ3v) is 4.26. The number of hydrogen-bond acceptors (Lipinski definition) is 5. The smallest absolute Gasteiger partial charge is 0.315 e. The van der Waals surface area contributed by atoms with Crippen molar-refractivity contribution in [2.24, 2.45) is 0 Å². The van der Waals surface area contributed by atoms with E-state index < -0.39 is 0 Å². The summed E-state index contributed by atoms with van der Waals surface area (Å²) in [6.45, 7) is 5.51. The molecule has 3 rings (SSSR count). The van der Waals surface area contributed by atoms with Gasteiger partial charge in [-0.25, -0.2) is 4.79 Å². The predicted octanol–water partition coefficient (Wildman–Crippen LogP) is 1.24. The highest BCUT2D eigenvalue weighted by molar-refractivity contribution is 5.73. The zero-order chi connectivity index (χ0) is 17.1. The number of ether oxygens (including phenoxy) is 1. The van der Waals surface area contributed by atoms with E-state index in [4.69, 9.17) is 4.74 Å². The molecule has 2 N–H and O–H groups in total. The number of fused-ring (bicyclic) bond motifs is 1. The summed E-state index contributed by atoms with van der Waals surface area (Å²) in [5.41, 5.74) is 2.70. The summed E-state index contributed by atoms with van der Waals surface area (Å²) >= 11 is 0. The quantitative estimate of drug-likeness (QED) is 0.860. The second kappa shape index (κ2) is 6.86. The standard InChI is InChI=1S/C16H22N6O2/c1-10-7-17-12(11(2)15(10)24-3)8-18-16(23)19-9-14-21-20-13-5-4-6-22(13)14/h7H,4-6,8-9H2,1-3H3,(H2,18,19,23). The normalized spacial score (nSPS) is 12.8. The van der Waals surface area contributed by atoms with E-state index in [9.17, 15) is 4.79 Å². The lowest BCUT2D eigenvalue weighted by Crippen LogP contribution is -2.35. The number of carbonyl (C=O) groups excluding carboxylic acids is 1. The van der Waals surface area contributed by atoms with Crippen molar-refractivity contribution in [2.75, 3.05) is 7.11 Å². The summed E-state index contributed by atoms with van der Waals surface area (Å²) in [7, 11) is 1.64. The zero-order valence-electron chi connectivity index (χ0n) is 14.2. The van der Waals surface area contributed by atoms with E-state index in [2.05, 4.69) is 30.4 Å². The molecule has 0 saturated heterocycles. The Hall–Kier alpha value is -2.64. The van der Waals surface area contributed by atoms with E-state index in [-0.39, 0.29) is 6.03 Å². The van der Waals surface area contributed by atoms with Crippen LogP contribution < -0.4 is 15.4 Å². The minimum Gasteiger partial charge on any atom is -0.496 e. The number of nitrogens with one attached hydrogen (secondary N) is 2. The van der Waals surface area contributed by atoms with Crippen LogP contribution in [-0.2, 0) is 26.1 Å². The molecule has 0 fully saturated rings. The Bertz CT molecular complexity index is 755. The third-order valence-electron chi connectivity index (χ3n) is 4.26. The van der Waals surface area contributed by atoms with Crippen molar-refractivity contribution in [2.45, 2.75) is 46.3 Å². The van der Waals surface area contributed by atoms with Gasteiger partial charge >= 0.3 is 6.03 Å². The van der Waals surface area contributed by atoms with E-state index >= 15 is 0 Å². The molecule has 0 spiro atoms. The number of urea groups is 1. The molecule has 2 aromatic rings. The number of rotatable bonds is 5. The van der Waals surface area contributed by atoms with Crippen LogP contribution in [0, 0.1) is 13.8 Å². The lowest BCUT2D eigenvalue weighted by atomic mass is 10.1. The molecule has 0 atom stereocenters. The van der Waals surface area contributed by atoms with E-state index in [1.807, 2.05) is 13.8 Å². The predicted molar refractivity (Wildman–Crippen MR) is 87.7 cm³/mol. The first-order valence-electron chi connectivity index (χ1n) is 8.02. The molecule has 1 aliphatic heterocycles. The molecular weight excluding hydrogens is 308 g/mol. The van der Waals surface area contributed by atoms with Crippen LogP contribution in [0.3, 0.4) is 0 Å². The van der Waals surface area contributed by atoms with Gasteiger partial charge in [0, 0.05) is 30.3 Å². The summed E-state index contributed by atoms with van der Waals surface area (Å²) in [6, 6.07) is -0.258. The van der Waals surface area contributed by atoms with E-state index in [0.717, 1.165) is 53.6 Å². The van der Waals surface area contributed by atoms with Crippen molar-refractivity contribution >= 4 is 6.03 Å². The number of hydrogen-bond donors (Lipinski definition) is 2. The van der Waals surface area contributed by atoms with Crippen LogP contribution in [0.15, 0.2) is 6.20 Å². The maximum atomic E-state index is 12.0. The average molecular weight is 330 g/mol. The van der Waals surface area contributed by atoms with Gasteiger partial charge in [0.05, 0.1) is 25.9 Å². The largest absolute Gasteiger partial charge is 0.496 e. The van der Waals surface area contributed by atoms with Gasteiger partial charge in [0.25, 0.3) is 0 Å². The van der Waals surface area contributed by atoms with Crippen molar-refractivity contribution < 1.29 is 9.53 Å². The number of pyridine rings is 1. The highest BCUT2D eigenvalue weighted by atomic mass is 16.5. The number of aryl methyl sites for hydroxylation is 2. The fourth-order valence-electron chi connectivity index (χ4n) is 2.98. The number of carbonyl (C=O) groups is 1. The second-order valence-electron chi connectivity index (χ2n) is 5.87. The maximum absolute atomic E-state index is 12.0. The molecular formula is C16H22N6O2. The lowest BCUT2D eigenvalue weighted by Gasteiger charge is -2.13. The van der Waals surface area contributed by atoms with Gasteiger partial charge in [-0.05, 0) is 20.3 Å². The average Bonchev–Trinajstić information content (AvgIpc) is 3.16. The van der Waals surface area contributed by atoms with Gasteiger partial charge in [-0.3, -0.25) is 4.98 Å².